The molecule has 0 aromatic heterocycles. The zero-order chi connectivity index (χ0) is 36.5. The van der Waals surface area contributed by atoms with E-state index in [1.54, 1.807) is 12.1 Å². The lowest BCUT2D eigenvalue weighted by Gasteiger charge is -2.21. The molecule has 5 nitrogen and oxygen atoms in total. The summed E-state index contributed by atoms with van der Waals surface area (Å²) in [6.45, 7) is 23.3. The fourth-order valence-corrected chi connectivity index (χ4v) is 7.50. The van der Waals surface area contributed by atoms with E-state index in [1.807, 2.05) is 0 Å². The minimum absolute atomic E-state index is 0.0108. The average Bonchev–Trinajstić information content (AvgIpc) is 3.01. The molecule has 0 N–H and O–H groups in total. The molecule has 0 aliphatic heterocycles. The molecule has 0 radical (unpaired) electrons. The molecule has 4 rings (SSSR count). The number of rotatable bonds is 11. The summed E-state index contributed by atoms with van der Waals surface area (Å²) in [7, 11) is -4.83. The van der Waals surface area contributed by atoms with Gasteiger partial charge in [0.1, 0.15) is 11.5 Å². The van der Waals surface area contributed by atoms with Gasteiger partial charge >= 0.3 is 0 Å². The molecule has 49 heavy (non-hydrogen) atoms. The molecule has 0 atom stereocenters. The Hall–Kier alpha value is -3.26. The highest BCUT2D eigenvalue weighted by Gasteiger charge is 2.30. The van der Waals surface area contributed by atoms with Crippen LogP contribution in [0.15, 0.2) is 112 Å². The van der Waals surface area contributed by atoms with Crippen molar-refractivity contribution >= 4 is 21.3 Å². The van der Waals surface area contributed by atoms with Crippen LogP contribution in [0.5, 0.6) is 11.5 Å². The van der Waals surface area contributed by atoms with E-state index in [1.165, 1.54) is 56.4 Å². The standard InChI is InChI=1S/C30H39S.C12H18O5S/c1-28(2,3)22-10-16-25(17-11-22)31(26-18-12-23(13-19-26)29(4,5)6)27-20-14-24(15-21-27)30(7,8)9;1-2-3-4-5-10-16-11-6-8-12(9-7-11)17-18(13,14)15/h10-21H,1-9H3;6-9H,2-5,10H2,1H3,(H,13,14,15)/q+1;/p-1. The summed E-state index contributed by atoms with van der Waals surface area (Å²) < 4.78 is 40.7. The Balaban J connectivity index is 0.000000308. The van der Waals surface area contributed by atoms with E-state index in [0.717, 1.165) is 12.8 Å². The first kappa shape index (κ1) is 40.2. The van der Waals surface area contributed by atoms with Gasteiger partial charge < -0.3 is 13.5 Å². The molecule has 0 aliphatic carbocycles. The summed E-state index contributed by atoms with van der Waals surface area (Å²) in [6.07, 6.45) is 4.49. The summed E-state index contributed by atoms with van der Waals surface area (Å²) in [6, 6.07) is 33.8. The molecule has 0 saturated heterocycles. The first-order chi connectivity index (χ1) is 22.8. The molecule has 0 heterocycles. The van der Waals surface area contributed by atoms with Crippen LogP contribution < -0.4 is 8.92 Å². The lowest BCUT2D eigenvalue weighted by Crippen LogP contribution is -2.13. The van der Waals surface area contributed by atoms with Crippen molar-refractivity contribution < 1.29 is 21.9 Å². The van der Waals surface area contributed by atoms with E-state index in [2.05, 4.69) is 146 Å². The van der Waals surface area contributed by atoms with E-state index < -0.39 is 10.4 Å². The Labute approximate surface area is 299 Å². The van der Waals surface area contributed by atoms with Crippen LogP contribution in [0, 0.1) is 0 Å². The van der Waals surface area contributed by atoms with Crippen LogP contribution >= 0.6 is 0 Å². The summed E-state index contributed by atoms with van der Waals surface area (Å²) in [5, 5.41) is 0. The largest absolute Gasteiger partial charge is 0.716 e. The van der Waals surface area contributed by atoms with Crippen LogP contribution in [0.1, 0.15) is 112 Å². The van der Waals surface area contributed by atoms with Crippen LogP contribution in [-0.2, 0) is 37.5 Å². The highest BCUT2D eigenvalue weighted by Crippen LogP contribution is 2.35. The number of unbranched alkanes of at least 4 members (excludes halogenated alkanes) is 3. The van der Waals surface area contributed by atoms with Crippen molar-refractivity contribution in [3.63, 3.8) is 0 Å². The topological polar surface area (TPSA) is 75.7 Å². The minimum Gasteiger partial charge on any atom is -0.716 e. The molecule has 0 aliphatic rings. The number of hydrogen-bond donors (Lipinski definition) is 0. The van der Waals surface area contributed by atoms with Crippen LogP contribution in [-0.4, -0.2) is 19.6 Å². The van der Waals surface area contributed by atoms with Gasteiger partial charge in [0.25, 0.3) is 10.4 Å². The minimum atomic E-state index is -4.71. The Kier molecular flexibility index (Phi) is 14.0. The van der Waals surface area contributed by atoms with Crippen molar-refractivity contribution in [2.45, 2.75) is 126 Å². The fourth-order valence-electron chi connectivity index (χ4n) is 5.11. The van der Waals surface area contributed by atoms with E-state index >= 15 is 0 Å². The van der Waals surface area contributed by atoms with Gasteiger partial charge in [-0.15, -0.1) is 0 Å². The Morgan fingerprint density at radius 2 is 0.878 bits per heavy atom. The molecular weight excluding hydrogens is 649 g/mol. The van der Waals surface area contributed by atoms with Gasteiger partial charge in [-0.1, -0.05) is 125 Å². The smallest absolute Gasteiger partial charge is 0.262 e. The van der Waals surface area contributed by atoms with Crippen molar-refractivity contribution in [3.05, 3.63) is 114 Å². The van der Waals surface area contributed by atoms with E-state index in [0.29, 0.717) is 12.4 Å². The Morgan fingerprint density at radius 3 is 1.18 bits per heavy atom. The van der Waals surface area contributed by atoms with Gasteiger partial charge in [-0.2, -0.15) is 0 Å². The predicted molar refractivity (Wildman–Crippen MR) is 204 cm³/mol. The van der Waals surface area contributed by atoms with Gasteiger partial charge in [-0.3, -0.25) is 0 Å². The normalized spacial score (nSPS) is 12.3. The molecule has 0 saturated carbocycles. The SMILES string of the molecule is CC(C)(C)c1ccc([S+](c2ccc(C(C)(C)C)cc2)c2ccc(C(C)(C)C)cc2)cc1.CCCCCCOc1ccc(OS(=O)(=O)[O-])cc1. The van der Waals surface area contributed by atoms with Crippen molar-refractivity contribution in [2.75, 3.05) is 6.61 Å². The Bertz CT molecular complexity index is 1540. The highest BCUT2D eigenvalue weighted by atomic mass is 32.3. The van der Waals surface area contributed by atoms with Gasteiger partial charge in [-0.05, 0) is 100 Å². The molecular formula is C42H56O5S2. The van der Waals surface area contributed by atoms with Crippen LogP contribution in [0.3, 0.4) is 0 Å². The predicted octanol–water partition coefficient (Wildman–Crippen LogP) is 11.2. The van der Waals surface area contributed by atoms with Crippen molar-refractivity contribution in [2.24, 2.45) is 0 Å². The number of hydrogen-bond acceptors (Lipinski definition) is 5. The quantitative estimate of drug-likeness (QED) is 0.0672. The monoisotopic (exact) mass is 704 g/mol. The van der Waals surface area contributed by atoms with E-state index in [4.69, 9.17) is 4.74 Å². The Morgan fingerprint density at radius 1 is 0.531 bits per heavy atom. The van der Waals surface area contributed by atoms with Crippen LogP contribution in [0.2, 0.25) is 0 Å². The van der Waals surface area contributed by atoms with E-state index in [-0.39, 0.29) is 32.9 Å². The third-order valence-corrected chi connectivity index (χ3v) is 10.8. The van der Waals surface area contributed by atoms with Gasteiger partial charge in [0.2, 0.25) is 0 Å². The molecule has 0 unspecified atom stereocenters. The molecule has 4 aromatic rings. The first-order valence-electron chi connectivity index (χ1n) is 17.2. The third-order valence-electron chi connectivity index (χ3n) is 8.16. The van der Waals surface area contributed by atoms with Crippen molar-refractivity contribution in [3.8, 4) is 11.5 Å². The molecule has 0 fully saturated rings. The maximum atomic E-state index is 10.3. The molecule has 0 amide bonds. The van der Waals surface area contributed by atoms with Gasteiger partial charge in [0.05, 0.1) is 17.5 Å². The number of benzene rings is 4. The van der Waals surface area contributed by atoms with Crippen LogP contribution in [0.25, 0.3) is 0 Å². The molecule has 266 valence electrons. The lowest BCUT2D eigenvalue weighted by atomic mass is 9.87. The van der Waals surface area contributed by atoms with Crippen molar-refractivity contribution in [1.29, 1.82) is 0 Å². The zero-order valence-corrected chi connectivity index (χ0v) is 32.8. The first-order valence-corrected chi connectivity index (χ1v) is 19.8. The van der Waals surface area contributed by atoms with Gasteiger partial charge in [0.15, 0.2) is 14.7 Å². The van der Waals surface area contributed by atoms with Crippen molar-refractivity contribution in [1.82, 2.24) is 0 Å². The fraction of sp³-hybridized carbons (Fsp3) is 0.429. The zero-order valence-electron chi connectivity index (χ0n) is 31.1. The summed E-state index contributed by atoms with van der Waals surface area (Å²) in [5.74, 6) is 0.616. The summed E-state index contributed by atoms with van der Waals surface area (Å²) >= 11 is 0. The third kappa shape index (κ3) is 13.2. The molecule has 0 spiro atoms. The second-order valence-electron chi connectivity index (χ2n) is 15.5. The highest BCUT2D eigenvalue weighted by molar-refractivity contribution is 7.97. The van der Waals surface area contributed by atoms with Crippen LogP contribution in [0.4, 0.5) is 0 Å². The average molecular weight is 705 g/mol. The maximum absolute atomic E-state index is 10.3. The number of ether oxygens (including phenoxy) is 1. The molecule has 4 aromatic carbocycles. The summed E-state index contributed by atoms with van der Waals surface area (Å²) in [5.41, 5.74) is 4.64. The van der Waals surface area contributed by atoms with E-state index in [9.17, 15) is 13.0 Å². The second-order valence-corrected chi connectivity index (χ2v) is 18.5. The lowest BCUT2D eigenvalue weighted by molar-refractivity contribution is 0.304. The summed E-state index contributed by atoms with van der Waals surface area (Å²) in [4.78, 5) is 4.13. The molecule has 7 heteroatoms. The molecule has 0 bridgehead atoms. The second kappa shape index (κ2) is 17.1. The maximum Gasteiger partial charge on any atom is 0.262 e. The van der Waals surface area contributed by atoms with Gasteiger partial charge in [-0.25, -0.2) is 8.42 Å². The van der Waals surface area contributed by atoms with Gasteiger partial charge in [0, 0.05) is 0 Å².